The van der Waals surface area contributed by atoms with Crippen LogP contribution in [0.1, 0.15) is 104 Å². The van der Waals surface area contributed by atoms with Gasteiger partial charge in [0, 0.05) is 12.8 Å². The molecule has 0 aliphatic rings. The summed E-state index contributed by atoms with van der Waals surface area (Å²) in [6.45, 7) is 3.77. The molecule has 0 bridgehead atoms. The first-order valence-corrected chi connectivity index (χ1v) is 19.6. The smallest absolute Gasteiger partial charge is 0.744 e. The predicted octanol–water partition coefficient (Wildman–Crippen LogP) is -1.39. The van der Waals surface area contributed by atoms with Crippen molar-refractivity contribution >= 4 is 44.0 Å². The topological polar surface area (TPSA) is 256 Å². The van der Waals surface area contributed by atoms with Gasteiger partial charge in [-0.25, -0.2) is 21.6 Å². The van der Waals surface area contributed by atoms with Crippen molar-refractivity contribution in [1.82, 2.24) is 10.6 Å². The zero-order valence-electron chi connectivity index (χ0n) is 31.1. The van der Waals surface area contributed by atoms with Gasteiger partial charge in [0.25, 0.3) is 0 Å². The number of aromatic hydroxyl groups is 1. The largest absolute Gasteiger partial charge is 1.00 e. The molecule has 0 unspecified atom stereocenters. The minimum atomic E-state index is -4.53. The second-order valence-electron chi connectivity index (χ2n) is 11.3. The summed E-state index contributed by atoms with van der Waals surface area (Å²) in [7, 11) is -8.91. The molecule has 15 nitrogen and oxygen atoms in total. The number of phenols is 1. The van der Waals surface area contributed by atoms with Gasteiger partial charge >= 0.3 is 71.1 Å². The molecule has 53 heavy (non-hydrogen) atoms. The van der Waals surface area contributed by atoms with E-state index in [2.05, 4.69) is 24.5 Å². The summed E-state index contributed by atoms with van der Waals surface area (Å²) < 4.78 is 68.3. The van der Waals surface area contributed by atoms with Gasteiger partial charge in [-0.05, 0) is 61.4 Å². The van der Waals surface area contributed by atoms with Gasteiger partial charge < -0.3 is 34.7 Å². The number of carbonyl (C=O) groups is 4. The van der Waals surface area contributed by atoms with Crippen molar-refractivity contribution in [2.24, 2.45) is 0 Å². The first-order valence-electron chi connectivity index (χ1n) is 16.8. The molecule has 0 radical (unpaired) electrons. The Balaban J connectivity index is -0.000000762. The number of rotatable bonds is 21. The van der Waals surface area contributed by atoms with Gasteiger partial charge in [0.1, 0.15) is 44.8 Å². The van der Waals surface area contributed by atoms with Gasteiger partial charge in [0.2, 0.25) is 11.8 Å². The van der Waals surface area contributed by atoms with Crippen molar-refractivity contribution in [2.75, 3.05) is 13.1 Å². The first-order chi connectivity index (χ1) is 24.0. The number of carboxylic acids is 1. The van der Waals surface area contributed by atoms with Gasteiger partial charge in [-0.3, -0.25) is 14.4 Å². The van der Waals surface area contributed by atoms with Gasteiger partial charge in [-0.1, -0.05) is 78.1 Å². The van der Waals surface area contributed by atoms with Crippen LogP contribution in [-0.2, 0) is 39.4 Å². The molecule has 0 aliphatic carbocycles. The summed E-state index contributed by atoms with van der Waals surface area (Å²) in [5.41, 5.74) is 0. The normalized spacial score (nSPS) is 10.4. The fourth-order valence-corrected chi connectivity index (χ4v) is 5.05. The van der Waals surface area contributed by atoms with E-state index in [0.29, 0.717) is 12.8 Å². The molecule has 2 rings (SSSR count). The number of unbranched alkanes of at least 4 members (excludes halogenated alkanes) is 10. The number of phenolic OH excluding ortho intramolecular Hbond substituents is 1. The van der Waals surface area contributed by atoms with Crippen molar-refractivity contribution in [2.45, 2.75) is 114 Å². The molecule has 2 amide bonds. The molecule has 0 aliphatic heterocycles. The average Bonchev–Trinajstić information content (AvgIpc) is 3.06. The summed E-state index contributed by atoms with van der Waals surface area (Å²) in [5, 5.41) is 21.9. The molecule has 0 atom stereocenters. The third-order valence-electron chi connectivity index (χ3n) is 6.85. The third-order valence-corrected chi connectivity index (χ3v) is 8.55. The zero-order valence-corrected chi connectivity index (χ0v) is 36.8. The SMILES string of the molecule is CCCCCCCCC(=O)NCC(=O)O.CCCCCCCCC(=O)NCC(=O)Oc1ccc(S(=O)(=O)[O-])cc1.O=S(=O)([O-])c1ccc(O)cc1.[Na+].[Na+]. The van der Waals surface area contributed by atoms with Crippen LogP contribution in [-0.4, -0.2) is 73.0 Å². The maximum absolute atomic E-state index is 11.6. The summed E-state index contributed by atoms with van der Waals surface area (Å²) in [4.78, 5) is 43.7. The fourth-order valence-electron chi connectivity index (χ4n) is 4.11. The number of nitrogens with one attached hydrogen (secondary N) is 2. The van der Waals surface area contributed by atoms with E-state index in [4.69, 9.17) is 14.9 Å². The monoisotopic (exact) mass is 804 g/mol. The fraction of sp³-hybridized carbons (Fsp3) is 0.529. The zero-order chi connectivity index (χ0) is 38.7. The summed E-state index contributed by atoms with van der Waals surface area (Å²) >= 11 is 0. The van der Waals surface area contributed by atoms with E-state index in [9.17, 15) is 45.1 Å². The molecule has 2 aromatic rings. The van der Waals surface area contributed by atoms with Crippen LogP contribution >= 0.6 is 0 Å². The molecule has 0 spiro atoms. The standard InChI is InChI=1S/C17H25NO6S.C11H21NO3.C6H6O4S.2Na/c1-2-3-4-5-6-7-8-16(19)18-13-17(20)24-14-9-11-15(12-10-14)25(21,22)23;1-2-3-4-5-6-7-8-10(13)12-9-11(14)15;7-5-1-3-6(4-2-5)11(8,9)10;;/h9-12H,2-8,13H2,1H3,(H,18,19)(H,21,22,23);2-9H2,1H3,(H,12,13)(H,14,15);1-4,7H,(H,8,9,10);;/q;;;2*+1/p-2. The van der Waals surface area contributed by atoms with E-state index in [-0.39, 0.29) is 100 Å². The van der Waals surface area contributed by atoms with Gasteiger partial charge in [0.15, 0.2) is 0 Å². The summed E-state index contributed by atoms with van der Waals surface area (Å²) in [6.07, 6.45) is 14.1. The van der Waals surface area contributed by atoms with Crippen molar-refractivity contribution in [3.05, 3.63) is 48.5 Å². The molecule has 0 saturated heterocycles. The second-order valence-corrected chi connectivity index (χ2v) is 14.1. The van der Waals surface area contributed by atoms with E-state index in [1.807, 2.05) is 0 Å². The van der Waals surface area contributed by atoms with Crippen molar-refractivity contribution < 1.29 is 119 Å². The van der Waals surface area contributed by atoms with Gasteiger partial charge in [0.05, 0.1) is 9.79 Å². The molecule has 4 N–H and O–H groups in total. The van der Waals surface area contributed by atoms with Crippen molar-refractivity contribution in [3.8, 4) is 11.5 Å². The number of benzene rings is 2. The predicted molar refractivity (Wildman–Crippen MR) is 186 cm³/mol. The van der Waals surface area contributed by atoms with Crippen molar-refractivity contribution in [3.63, 3.8) is 0 Å². The number of aliphatic carboxylic acids is 1. The summed E-state index contributed by atoms with van der Waals surface area (Å²) in [6, 6.07) is 8.93. The van der Waals surface area contributed by atoms with E-state index >= 15 is 0 Å². The number of carboxylic acid groups (broad SMARTS) is 1. The molecule has 0 aromatic heterocycles. The Labute approximate surface area is 357 Å². The number of ether oxygens (including phenoxy) is 1. The number of hydrogen-bond acceptors (Lipinski definition) is 12. The Morgan fingerprint density at radius 3 is 1.34 bits per heavy atom. The second kappa shape index (κ2) is 32.2. The third kappa shape index (κ3) is 31.9. The van der Waals surface area contributed by atoms with Gasteiger partial charge in [-0.15, -0.1) is 0 Å². The van der Waals surface area contributed by atoms with E-state index in [1.165, 1.54) is 57.1 Å². The Hall–Kier alpha value is -2.06. The van der Waals surface area contributed by atoms with Crippen LogP contribution in [0, 0.1) is 0 Å². The van der Waals surface area contributed by atoms with Crippen molar-refractivity contribution in [1.29, 1.82) is 0 Å². The molecule has 288 valence electrons. The Morgan fingerprint density at radius 2 is 0.962 bits per heavy atom. The first kappa shape index (κ1) is 55.3. The Bertz CT molecular complexity index is 1540. The molecule has 0 heterocycles. The average molecular weight is 805 g/mol. The van der Waals surface area contributed by atoms with E-state index in [1.54, 1.807) is 0 Å². The number of amides is 2. The van der Waals surface area contributed by atoms with Crippen LogP contribution in [0.25, 0.3) is 0 Å². The van der Waals surface area contributed by atoms with Crippen LogP contribution in [0.3, 0.4) is 0 Å². The maximum Gasteiger partial charge on any atom is 1.00 e. The quantitative estimate of drug-likeness (QED) is 0.0373. The molecule has 0 fully saturated rings. The van der Waals surface area contributed by atoms with Gasteiger partial charge in [-0.2, -0.15) is 0 Å². The molecular weight excluding hydrogens is 754 g/mol. The number of esters is 1. The number of hydrogen-bond donors (Lipinski definition) is 4. The Kier molecular flexibility index (Phi) is 33.6. The van der Waals surface area contributed by atoms with Crippen LogP contribution in [0.2, 0.25) is 0 Å². The van der Waals surface area contributed by atoms with Crippen LogP contribution < -0.4 is 74.5 Å². The van der Waals surface area contributed by atoms with Crippen LogP contribution in [0.5, 0.6) is 11.5 Å². The molecule has 0 saturated carbocycles. The van der Waals surface area contributed by atoms with Crippen LogP contribution in [0.4, 0.5) is 0 Å². The van der Waals surface area contributed by atoms with E-state index in [0.717, 1.165) is 68.5 Å². The van der Waals surface area contributed by atoms with E-state index < -0.39 is 37.1 Å². The molecular formula is C34H50N2Na2O13S2. The number of carbonyl (C=O) groups excluding carboxylic acids is 3. The maximum atomic E-state index is 11.6. The Morgan fingerprint density at radius 1 is 0.604 bits per heavy atom. The molecule has 19 heteroatoms. The molecule has 2 aromatic carbocycles. The minimum absolute atomic E-state index is 0. The van der Waals surface area contributed by atoms with Crippen LogP contribution in [0.15, 0.2) is 58.3 Å². The summed E-state index contributed by atoms with van der Waals surface area (Å²) in [5.74, 6) is -2.01. The minimum Gasteiger partial charge on any atom is -0.744 e.